The van der Waals surface area contributed by atoms with Crippen LogP contribution in [0.15, 0.2) is 14.7 Å². The summed E-state index contributed by atoms with van der Waals surface area (Å²) in [5.74, 6) is -0.364. The summed E-state index contributed by atoms with van der Waals surface area (Å²) in [7, 11) is 2.90. The lowest BCUT2D eigenvalue weighted by atomic mass is 10.2. The van der Waals surface area contributed by atoms with E-state index in [2.05, 4.69) is 16.9 Å². The number of aromatic nitrogens is 4. The van der Waals surface area contributed by atoms with E-state index >= 15 is 0 Å². The van der Waals surface area contributed by atoms with Crippen LogP contribution in [-0.2, 0) is 23.1 Å². The number of nitrogens with zero attached hydrogens (tertiary/aromatic N) is 3. The van der Waals surface area contributed by atoms with Crippen molar-refractivity contribution < 1.29 is 9.53 Å². The van der Waals surface area contributed by atoms with Crippen molar-refractivity contribution >= 4 is 28.9 Å². The molecule has 0 aliphatic rings. The normalized spacial score (nSPS) is 12.5. The van der Waals surface area contributed by atoms with Crippen LogP contribution in [-0.4, -0.2) is 37.4 Å². The Morgan fingerprint density at radius 3 is 2.68 bits per heavy atom. The number of aromatic amines is 1. The predicted molar refractivity (Wildman–Crippen MR) is 97.1 cm³/mol. The third kappa shape index (κ3) is 4.15. The highest BCUT2D eigenvalue weighted by Gasteiger charge is 2.22. The number of unbranched alkanes of at least 4 members (excludes halogenated alkanes) is 3. The summed E-state index contributed by atoms with van der Waals surface area (Å²) in [6.45, 7) is 4.46. The molecule has 1 atom stereocenters. The SMILES string of the molecule is CCCCCCn1c(SC(C)C(=O)OC)nc2c1c(=O)[nH]c(=O)n2C. The number of esters is 1. The van der Waals surface area contributed by atoms with Crippen LogP contribution < -0.4 is 11.2 Å². The first-order valence-corrected chi connectivity index (χ1v) is 9.22. The van der Waals surface area contributed by atoms with E-state index in [1.165, 1.54) is 23.4 Å². The van der Waals surface area contributed by atoms with E-state index in [1.807, 2.05) is 0 Å². The number of aryl methyl sites for hydroxylation is 2. The molecule has 2 aromatic rings. The highest BCUT2D eigenvalue weighted by atomic mass is 32.2. The summed E-state index contributed by atoms with van der Waals surface area (Å²) in [6.07, 6.45) is 4.15. The summed E-state index contributed by atoms with van der Waals surface area (Å²) in [5.41, 5.74) is -0.286. The molecule has 0 spiro atoms. The van der Waals surface area contributed by atoms with Crippen LogP contribution in [0.2, 0.25) is 0 Å². The van der Waals surface area contributed by atoms with Crippen LogP contribution in [0.1, 0.15) is 39.5 Å². The zero-order valence-corrected chi connectivity index (χ0v) is 15.8. The molecule has 0 aliphatic carbocycles. The number of nitrogens with one attached hydrogen (secondary N) is 1. The number of ether oxygens (including phenoxy) is 1. The van der Waals surface area contributed by atoms with Gasteiger partial charge in [0.15, 0.2) is 16.3 Å². The number of thioether (sulfide) groups is 1. The highest BCUT2D eigenvalue weighted by molar-refractivity contribution is 8.00. The molecule has 8 nitrogen and oxygen atoms in total. The number of hydrogen-bond acceptors (Lipinski definition) is 6. The molecule has 2 heterocycles. The van der Waals surface area contributed by atoms with Crippen molar-refractivity contribution in [3.63, 3.8) is 0 Å². The minimum atomic E-state index is -0.509. The van der Waals surface area contributed by atoms with Gasteiger partial charge in [0.05, 0.1) is 7.11 Å². The van der Waals surface area contributed by atoms with Crippen molar-refractivity contribution in [1.82, 2.24) is 19.1 Å². The molecular formula is C16H24N4O4S. The zero-order chi connectivity index (χ0) is 18.6. The van der Waals surface area contributed by atoms with Crippen LogP contribution in [0.5, 0.6) is 0 Å². The van der Waals surface area contributed by atoms with Gasteiger partial charge in [-0.3, -0.25) is 19.1 Å². The Balaban J connectivity index is 2.49. The number of hydrogen-bond donors (Lipinski definition) is 1. The van der Waals surface area contributed by atoms with Gasteiger partial charge in [-0.15, -0.1) is 0 Å². The number of fused-ring (bicyclic) bond motifs is 1. The standard InChI is InChI=1S/C16H24N4O4S/c1-5-6-7-8-9-20-11-12(19(3)15(23)18-13(11)21)17-16(20)25-10(2)14(22)24-4/h10H,5-9H2,1-4H3,(H,18,21,23). The Hall–Kier alpha value is -2.03. The van der Waals surface area contributed by atoms with E-state index < -0.39 is 16.5 Å². The van der Waals surface area contributed by atoms with Crippen molar-refractivity contribution in [1.29, 1.82) is 0 Å². The minimum Gasteiger partial charge on any atom is -0.468 e. The van der Waals surface area contributed by atoms with Crippen molar-refractivity contribution in [3.8, 4) is 0 Å². The van der Waals surface area contributed by atoms with Gasteiger partial charge in [-0.2, -0.15) is 0 Å². The molecule has 0 amide bonds. The van der Waals surface area contributed by atoms with Crippen LogP contribution in [0.3, 0.4) is 0 Å². The van der Waals surface area contributed by atoms with Gasteiger partial charge in [-0.05, 0) is 13.3 Å². The summed E-state index contributed by atoms with van der Waals surface area (Å²) in [6, 6.07) is 0. The first-order valence-electron chi connectivity index (χ1n) is 8.34. The highest BCUT2D eigenvalue weighted by Crippen LogP contribution is 2.26. The maximum Gasteiger partial charge on any atom is 0.329 e. The average Bonchev–Trinajstić information content (AvgIpc) is 2.94. The van der Waals surface area contributed by atoms with Crippen molar-refractivity contribution in [3.05, 3.63) is 20.8 Å². The molecule has 0 radical (unpaired) electrons. The monoisotopic (exact) mass is 368 g/mol. The summed E-state index contributed by atoms with van der Waals surface area (Å²) >= 11 is 1.22. The quantitative estimate of drug-likeness (QED) is 0.432. The summed E-state index contributed by atoms with van der Waals surface area (Å²) < 4.78 is 7.87. The fraction of sp³-hybridized carbons (Fsp3) is 0.625. The van der Waals surface area contributed by atoms with E-state index in [0.717, 1.165) is 25.7 Å². The lowest BCUT2D eigenvalue weighted by Crippen LogP contribution is -2.29. The van der Waals surface area contributed by atoms with E-state index in [4.69, 9.17) is 4.74 Å². The van der Waals surface area contributed by atoms with Crippen LogP contribution >= 0.6 is 11.8 Å². The second kappa shape index (κ2) is 8.37. The van der Waals surface area contributed by atoms with Gasteiger partial charge in [0, 0.05) is 13.6 Å². The summed E-state index contributed by atoms with van der Waals surface area (Å²) in [5, 5.41) is 0.0726. The number of carbonyl (C=O) groups is 1. The largest absolute Gasteiger partial charge is 0.468 e. The van der Waals surface area contributed by atoms with Crippen molar-refractivity contribution in [2.24, 2.45) is 7.05 Å². The van der Waals surface area contributed by atoms with E-state index in [-0.39, 0.29) is 5.97 Å². The summed E-state index contributed by atoms with van der Waals surface area (Å²) in [4.78, 5) is 42.6. The Labute approximate surface area is 149 Å². The molecule has 0 aliphatic heterocycles. The third-order valence-corrected chi connectivity index (χ3v) is 5.09. The lowest BCUT2D eigenvalue weighted by molar-refractivity contribution is -0.139. The van der Waals surface area contributed by atoms with Gasteiger partial charge in [-0.25, -0.2) is 9.78 Å². The van der Waals surface area contributed by atoms with Crippen LogP contribution in [0.4, 0.5) is 0 Å². The second-order valence-corrected chi connectivity index (χ2v) is 7.19. The topological polar surface area (TPSA) is 99.0 Å². The Morgan fingerprint density at radius 2 is 2.04 bits per heavy atom. The molecule has 1 unspecified atom stereocenters. The molecule has 25 heavy (non-hydrogen) atoms. The molecule has 0 saturated heterocycles. The van der Waals surface area contributed by atoms with Gasteiger partial charge in [0.2, 0.25) is 0 Å². The first-order chi connectivity index (χ1) is 11.9. The zero-order valence-electron chi connectivity index (χ0n) is 15.0. The molecule has 0 aromatic carbocycles. The molecule has 138 valence electrons. The fourth-order valence-electron chi connectivity index (χ4n) is 2.58. The smallest absolute Gasteiger partial charge is 0.329 e. The Morgan fingerprint density at radius 1 is 1.32 bits per heavy atom. The predicted octanol–water partition coefficient (Wildman–Crippen LogP) is 1.66. The van der Waals surface area contributed by atoms with E-state index in [9.17, 15) is 14.4 Å². The second-order valence-electron chi connectivity index (χ2n) is 5.88. The van der Waals surface area contributed by atoms with Gasteiger partial charge in [0.1, 0.15) is 5.25 Å². The van der Waals surface area contributed by atoms with E-state index in [1.54, 1.807) is 18.5 Å². The molecule has 0 bridgehead atoms. The minimum absolute atomic E-state index is 0.323. The van der Waals surface area contributed by atoms with Gasteiger partial charge in [0.25, 0.3) is 5.56 Å². The number of imidazole rings is 1. The van der Waals surface area contributed by atoms with Gasteiger partial charge < -0.3 is 9.30 Å². The lowest BCUT2D eigenvalue weighted by Gasteiger charge is -2.11. The Kier molecular flexibility index (Phi) is 6.46. The first kappa shape index (κ1) is 19.3. The number of methoxy groups -OCH3 is 1. The van der Waals surface area contributed by atoms with E-state index in [0.29, 0.717) is 22.9 Å². The number of H-pyrrole nitrogens is 1. The van der Waals surface area contributed by atoms with Crippen LogP contribution in [0, 0.1) is 0 Å². The molecule has 0 saturated carbocycles. The molecule has 9 heteroatoms. The number of carbonyl (C=O) groups excluding carboxylic acids is 1. The maximum atomic E-state index is 12.3. The maximum absolute atomic E-state index is 12.3. The van der Waals surface area contributed by atoms with Crippen molar-refractivity contribution in [2.45, 2.75) is 56.5 Å². The van der Waals surface area contributed by atoms with Crippen LogP contribution in [0.25, 0.3) is 11.2 Å². The molecular weight excluding hydrogens is 344 g/mol. The average molecular weight is 368 g/mol. The fourth-order valence-corrected chi connectivity index (χ4v) is 3.54. The molecule has 0 fully saturated rings. The van der Waals surface area contributed by atoms with Gasteiger partial charge >= 0.3 is 11.7 Å². The third-order valence-electron chi connectivity index (χ3n) is 4.02. The molecule has 2 rings (SSSR count). The number of rotatable bonds is 8. The molecule has 1 N–H and O–H groups in total. The molecule has 2 aromatic heterocycles. The van der Waals surface area contributed by atoms with Gasteiger partial charge in [-0.1, -0.05) is 37.9 Å². The Bertz CT molecular complexity index is 867. The van der Waals surface area contributed by atoms with Crippen molar-refractivity contribution in [2.75, 3.05) is 7.11 Å².